The normalized spacial score (nSPS) is 18.0. The van der Waals surface area contributed by atoms with Gasteiger partial charge in [-0.3, -0.25) is 9.69 Å². The number of esters is 1. The summed E-state index contributed by atoms with van der Waals surface area (Å²) in [5.74, 6) is -1.39. The summed E-state index contributed by atoms with van der Waals surface area (Å²) in [5, 5.41) is 0.365. The fraction of sp³-hybridized carbons (Fsp3) is 0.423. The maximum atomic E-state index is 14.6. The van der Waals surface area contributed by atoms with Gasteiger partial charge in [-0.2, -0.15) is 0 Å². The van der Waals surface area contributed by atoms with Crippen LogP contribution in [0.4, 0.5) is 14.9 Å². The lowest BCUT2D eigenvalue weighted by Crippen LogP contribution is -2.36. The molecule has 1 aliphatic rings. The second-order valence-corrected chi connectivity index (χ2v) is 11.5. The average molecular weight is 569 g/mol. The Kier molecular flexibility index (Phi) is 8.28. The van der Waals surface area contributed by atoms with Crippen molar-refractivity contribution >= 4 is 62.5 Å². The third-order valence-corrected chi connectivity index (χ3v) is 7.79. The van der Waals surface area contributed by atoms with E-state index in [1.807, 2.05) is 0 Å². The number of nitrogens with zero attached hydrogens (tertiary/aromatic N) is 2. The van der Waals surface area contributed by atoms with Crippen LogP contribution in [-0.2, 0) is 25.5 Å². The van der Waals surface area contributed by atoms with Gasteiger partial charge in [0.2, 0.25) is 0 Å². The summed E-state index contributed by atoms with van der Waals surface area (Å²) in [6, 6.07) is 7.70. The predicted molar refractivity (Wildman–Crippen MR) is 142 cm³/mol. The van der Waals surface area contributed by atoms with E-state index >= 15 is 0 Å². The van der Waals surface area contributed by atoms with E-state index < -0.39 is 29.5 Å². The Morgan fingerprint density at radius 3 is 2.68 bits per heavy atom. The van der Waals surface area contributed by atoms with E-state index in [1.54, 1.807) is 39.0 Å². The molecule has 1 aliphatic heterocycles. The van der Waals surface area contributed by atoms with Crippen molar-refractivity contribution in [1.82, 2.24) is 4.98 Å². The minimum atomic E-state index is -0.803. The predicted octanol–water partition coefficient (Wildman–Crippen LogP) is 7.32. The van der Waals surface area contributed by atoms with Crippen LogP contribution in [0.2, 0.25) is 10.2 Å². The Hall–Kier alpha value is -2.46. The van der Waals surface area contributed by atoms with Crippen molar-refractivity contribution in [3.63, 3.8) is 0 Å². The third kappa shape index (κ3) is 6.00. The first-order valence-electron chi connectivity index (χ1n) is 11.7. The Morgan fingerprint density at radius 1 is 1.27 bits per heavy atom. The second kappa shape index (κ2) is 11.1. The number of rotatable bonds is 5. The summed E-state index contributed by atoms with van der Waals surface area (Å²) in [7, 11) is 1.33. The summed E-state index contributed by atoms with van der Waals surface area (Å²) < 4.78 is 31.8. The summed E-state index contributed by atoms with van der Waals surface area (Å²) in [6.07, 6.45) is -0.0310. The van der Waals surface area contributed by atoms with Gasteiger partial charge in [0.25, 0.3) is 0 Å². The molecule has 3 aromatic rings. The molecule has 3 heterocycles. The largest absolute Gasteiger partial charge is 0.469 e. The van der Waals surface area contributed by atoms with Crippen molar-refractivity contribution in [2.24, 2.45) is 5.92 Å². The van der Waals surface area contributed by atoms with Crippen LogP contribution in [0.5, 0.6) is 0 Å². The third-order valence-electron chi connectivity index (χ3n) is 5.83. The lowest BCUT2D eigenvalue weighted by atomic mass is 9.93. The maximum absolute atomic E-state index is 14.6. The molecule has 0 spiro atoms. The van der Waals surface area contributed by atoms with Gasteiger partial charge in [0.1, 0.15) is 28.2 Å². The van der Waals surface area contributed by atoms with Crippen LogP contribution in [-0.4, -0.2) is 36.4 Å². The standard InChI is InChI=1S/C26H27Cl2FN2O5S/c1-26(2,3)36-25(33)31(13-14-8-5-6-10-16(14)29)17-12-18(27)30-20-19(28)23(37-22(17)20)21-15(24(32)34-4)9-7-11-35-21/h5-6,8,10,12,15,21H,7,9,11,13H2,1-4H3/t15-,21-/m0/s1. The molecule has 0 N–H and O–H groups in total. The lowest BCUT2D eigenvalue weighted by molar-refractivity contribution is -0.155. The lowest BCUT2D eigenvalue weighted by Gasteiger charge is -2.29. The van der Waals surface area contributed by atoms with Gasteiger partial charge < -0.3 is 14.2 Å². The van der Waals surface area contributed by atoms with E-state index in [0.29, 0.717) is 45.8 Å². The van der Waals surface area contributed by atoms with Gasteiger partial charge in [-0.25, -0.2) is 14.2 Å². The van der Waals surface area contributed by atoms with Crippen LogP contribution in [0.25, 0.3) is 10.2 Å². The molecular weight excluding hydrogens is 542 g/mol. The molecule has 1 fully saturated rings. The van der Waals surface area contributed by atoms with Crippen LogP contribution < -0.4 is 4.90 Å². The number of thiophene rings is 1. The number of aromatic nitrogens is 1. The number of anilines is 1. The zero-order valence-corrected chi connectivity index (χ0v) is 23.2. The Bertz CT molecular complexity index is 1330. The smallest absolute Gasteiger partial charge is 0.415 e. The maximum Gasteiger partial charge on any atom is 0.415 e. The highest BCUT2D eigenvalue weighted by Crippen LogP contribution is 2.48. The molecule has 198 valence electrons. The minimum Gasteiger partial charge on any atom is -0.469 e. The molecule has 0 bridgehead atoms. The highest BCUT2D eigenvalue weighted by Gasteiger charge is 2.38. The first-order valence-corrected chi connectivity index (χ1v) is 13.3. The number of halogens is 3. The van der Waals surface area contributed by atoms with Crippen molar-refractivity contribution in [3.8, 4) is 0 Å². The number of amides is 1. The topological polar surface area (TPSA) is 78.0 Å². The summed E-state index contributed by atoms with van der Waals surface area (Å²) in [4.78, 5) is 32.2. The number of hydrogen-bond acceptors (Lipinski definition) is 7. The van der Waals surface area contributed by atoms with Gasteiger partial charge in [0.05, 0.1) is 39.9 Å². The quantitative estimate of drug-likeness (QED) is 0.237. The fourth-order valence-electron chi connectivity index (χ4n) is 4.19. The molecule has 2 atom stereocenters. The highest BCUT2D eigenvalue weighted by atomic mass is 35.5. The Labute approximate surface area is 228 Å². The number of pyridine rings is 1. The molecule has 0 radical (unpaired) electrons. The minimum absolute atomic E-state index is 0.0879. The molecule has 2 aromatic heterocycles. The molecular formula is C26H27Cl2FN2O5S. The zero-order valence-electron chi connectivity index (χ0n) is 20.8. The number of fused-ring (bicyclic) bond motifs is 1. The second-order valence-electron chi connectivity index (χ2n) is 9.64. The monoisotopic (exact) mass is 568 g/mol. The van der Waals surface area contributed by atoms with E-state index in [-0.39, 0.29) is 22.7 Å². The van der Waals surface area contributed by atoms with Crippen molar-refractivity contribution < 1.29 is 28.2 Å². The number of ether oxygens (including phenoxy) is 3. The van der Waals surface area contributed by atoms with Crippen molar-refractivity contribution in [1.29, 1.82) is 0 Å². The van der Waals surface area contributed by atoms with Gasteiger partial charge in [-0.1, -0.05) is 41.4 Å². The number of carbonyl (C=O) groups is 2. The van der Waals surface area contributed by atoms with Crippen molar-refractivity contribution in [2.75, 3.05) is 18.6 Å². The fourth-order valence-corrected chi connectivity index (χ4v) is 6.06. The molecule has 1 saturated heterocycles. The van der Waals surface area contributed by atoms with Crippen LogP contribution in [0.3, 0.4) is 0 Å². The molecule has 1 aromatic carbocycles. The summed E-state index contributed by atoms with van der Waals surface area (Å²) in [5.41, 5.74) is 0.196. The van der Waals surface area contributed by atoms with E-state index in [4.69, 9.17) is 37.4 Å². The Balaban J connectivity index is 1.86. The zero-order chi connectivity index (χ0) is 26.9. The number of hydrogen-bond donors (Lipinski definition) is 0. The van der Waals surface area contributed by atoms with Gasteiger partial charge >= 0.3 is 12.1 Å². The number of benzene rings is 1. The average Bonchev–Trinajstić information content (AvgIpc) is 3.17. The molecule has 37 heavy (non-hydrogen) atoms. The molecule has 4 rings (SSSR count). The Morgan fingerprint density at radius 2 is 2.00 bits per heavy atom. The van der Waals surface area contributed by atoms with Crippen LogP contribution >= 0.6 is 34.5 Å². The first kappa shape index (κ1) is 27.6. The van der Waals surface area contributed by atoms with Gasteiger partial charge in [0, 0.05) is 18.2 Å². The van der Waals surface area contributed by atoms with Gasteiger partial charge in [0.15, 0.2) is 0 Å². The van der Waals surface area contributed by atoms with Gasteiger partial charge in [-0.15, -0.1) is 11.3 Å². The molecule has 0 unspecified atom stereocenters. The van der Waals surface area contributed by atoms with Gasteiger partial charge in [-0.05, 0) is 39.7 Å². The van der Waals surface area contributed by atoms with E-state index in [9.17, 15) is 14.0 Å². The summed E-state index contributed by atoms with van der Waals surface area (Å²) >= 11 is 14.4. The number of methoxy groups -OCH3 is 1. The molecule has 11 heteroatoms. The number of carbonyl (C=O) groups excluding carboxylic acids is 2. The molecule has 0 saturated carbocycles. The summed E-state index contributed by atoms with van der Waals surface area (Å²) in [6.45, 7) is 5.58. The van der Waals surface area contributed by atoms with Crippen LogP contribution in [0.1, 0.15) is 50.2 Å². The van der Waals surface area contributed by atoms with Crippen LogP contribution in [0.15, 0.2) is 30.3 Å². The van der Waals surface area contributed by atoms with E-state index in [0.717, 1.165) is 0 Å². The SMILES string of the molecule is COC(=O)[C@H]1CCCO[C@@H]1c1sc2c(N(Cc3ccccc3F)C(=O)OC(C)(C)C)cc(Cl)nc2c1Cl. The van der Waals surface area contributed by atoms with Crippen LogP contribution in [0, 0.1) is 11.7 Å². The molecule has 7 nitrogen and oxygen atoms in total. The van der Waals surface area contributed by atoms with E-state index in [2.05, 4.69) is 4.98 Å². The van der Waals surface area contributed by atoms with E-state index in [1.165, 1.54) is 35.5 Å². The molecule has 1 amide bonds. The van der Waals surface area contributed by atoms with Crippen molar-refractivity contribution in [2.45, 2.75) is 51.9 Å². The highest BCUT2D eigenvalue weighted by molar-refractivity contribution is 7.20. The molecule has 0 aliphatic carbocycles. The first-order chi connectivity index (χ1) is 17.5. The van der Waals surface area contributed by atoms with Crippen molar-refractivity contribution in [3.05, 3.63) is 56.8 Å².